The topological polar surface area (TPSA) is 66.0 Å². The molecule has 2 atom stereocenters. The standard InChI is InChI=1S/C17H34N4O2.HI/c1-13-10-14(2)12-21(11-13)15(18-6)19-8-7-9-20-16(22)23-17(3,4)5;/h13-14H,7-12H2,1-6H3,(H,18,19)(H,20,22);1H. The van der Waals surface area contributed by atoms with Crippen molar-refractivity contribution in [3.8, 4) is 0 Å². The average Bonchev–Trinajstić information content (AvgIpc) is 2.39. The fraction of sp³-hybridized carbons (Fsp3) is 0.882. The largest absolute Gasteiger partial charge is 0.444 e. The third-order valence-corrected chi connectivity index (χ3v) is 3.69. The molecular formula is C17H35IN4O2. The molecule has 1 amide bonds. The van der Waals surface area contributed by atoms with E-state index in [4.69, 9.17) is 4.74 Å². The lowest BCUT2D eigenvalue weighted by Gasteiger charge is -2.37. The van der Waals surface area contributed by atoms with Crippen LogP contribution < -0.4 is 10.6 Å². The molecule has 0 aliphatic carbocycles. The van der Waals surface area contributed by atoms with Crippen LogP contribution in [0.4, 0.5) is 4.79 Å². The van der Waals surface area contributed by atoms with Crippen LogP contribution in [0.1, 0.15) is 47.5 Å². The molecule has 142 valence electrons. The van der Waals surface area contributed by atoms with E-state index in [2.05, 4.69) is 34.4 Å². The number of hydrogen-bond donors (Lipinski definition) is 2. The fourth-order valence-electron chi connectivity index (χ4n) is 2.96. The summed E-state index contributed by atoms with van der Waals surface area (Å²) < 4.78 is 5.20. The Hall–Kier alpha value is -0.730. The number of alkyl carbamates (subject to hydrolysis) is 1. The second-order valence-corrected chi connectivity index (χ2v) is 7.61. The van der Waals surface area contributed by atoms with E-state index in [9.17, 15) is 4.79 Å². The van der Waals surface area contributed by atoms with Crippen molar-refractivity contribution in [2.24, 2.45) is 16.8 Å². The Balaban J connectivity index is 0.00000529. The minimum Gasteiger partial charge on any atom is -0.444 e. The zero-order chi connectivity index (χ0) is 17.5. The molecule has 0 aromatic heterocycles. The van der Waals surface area contributed by atoms with Crippen molar-refractivity contribution in [2.45, 2.75) is 53.1 Å². The van der Waals surface area contributed by atoms with Gasteiger partial charge in [-0.3, -0.25) is 4.99 Å². The molecule has 1 rings (SSSR count). The number of guanidine groups is 1. The maximum atomic E-state index is 11.5. The van der Waals surface area contributed by atoms with Gasteiger partial charge in [0.15, 0.2) is 5.96 Å². The maximum absolute atomic E-state index is 11.5. The zero-order valence-electron chi connectivity index (χ0n) is 16.0. The van der Waals surface area contributed by atoms with E-state index in [0.29, 0.717) is 18.4 Å². The number of likely N-dealkylation sites (tertiary alicyclic amines) is 1. The Morgan fingerprint density at radius 3 is 2.21 bits per heavy atom. The van der Waals surface area contributed by atoms with Gasteiger partial charge >= 0.3 is 6.09 Å². The number of halogens is 1. The normalized spacial score (nSPS) is 21.8. The minimum absolute atomic E-state index is 0. The van der Waals surface area contributed by atoms with Crippen LogP contribution >= 0.6 is 24.0 Å². The summed E-state index contributed by atoms with van der Waals surface area (Å²) in [7, 11) is 1.82. The summed E-state index contributed by atoms with van der Waals surface area (Å²) in [6, 6.07) is 0. The van der Waals surface area contributed by atoms with Crippen LogP contribution in [0.15, 0.2) is 4.99 Å². The van der Waals surface area contributed by atoms with Gasteiger partial charge in [-0.1, -0.05) is 13.8 Å². The monoisotopic (exact) mass is 454 g/mol. The van der Waals surface area contributed by atoms with Gasteiger partial charge in [0.25, 0.3) is 0 Å². The lowest BCUT2D eigenvalue weighted by molar-refractivity contribution is 0.0527. The molecule has 1 heterocycles. The number of amides is 1. The first-order valence-electron chi connectivity index (χ1n) is 8.63. The number of nitrogens with one attached hydrogen (secondary N) is 2. The maximum Gasteiger partial charge on any atom is 0.407 e. The number of nitrogens with zero attached hydrogens (tertiary/aromatic N) is 2. The average molecular weight is 454 g/mol. The van der Waals surface area contributed by atoms with Gasteiger partial charge in [0.05, 0.1) is 0 Å². The summed E-state index contributed by atoms with van der Waals surface area (Å²) in [5, 5.41) is 6.16. The number of carbonyl (C=O) groups excluding carboxylic acids is 1. The van der Waals surface area contributed by atoms with Gasteiger partial charge in [0.1, 0.15) is 5.60 Å². The van der Waals surface area contributed by atoms with Gasteiger partial charge in [-0.25, -0.2) is 4.79 Å². The van der Waals surface area contributed by atoms with Gasteiger partial charge in [-0.05, 0) is 45.4 Å². The van der Waals surface area contributed by atoms with E-state index in [-0.39, 0.29) is 30.1 Å². The summed E-state index contributed by atoms with van der Waals surface area (Å²) >= 11 is 0. The van der Waals surface area contributed by atoms with Gasteiger partial charge in [0.2, 0.25) is 0 Å². The number of aliphatic imine (C=N–C) groups is 1. The summed E-state index contributed by atoms with van der Waals surface area (Å²) in [6.45, 7) is 13.6. The molecule has 0 bridgehead atoms. The number of rotatable bonds is 4. The van der Waals surface area contributed by atoms with Crippen LogP contribution in [-0.4, -0.2) is 55.8 Å². The molecule has 7 heteroatoms. The van der Waals surface area contributed by atoms with E-state index in [1.54, 1.807) is 0 Å². The van der Waals surface area contributed by atoms with Gasteiger partial charge < -0.3 is 20.3 Å². The van der Waals surface area contributed by atoms with Crippen LogP contribution in [0.5, 0.6) is 0 Å². The molecule has 24 heavy (non-hydrogen) atoms. The van der Waals surface area contributed by atoms with Crippen LogP contribution in [0.2, 0.25) is 0 Å². The Morgan fingerprint density at radius 1 is 1.17 bits per heavy atom. The first-order valence-corrected chi connectivity index (χ1v) is 8.63. The van der Waals surface area contributed by atoms with Crippen LogP contribution in [0, 0.1) is 11.8 Å². The van der Waals surface area contributed by atoms with Crippen molar-refractivity contribution in [1.82, 2.24) is 15.5 Å². The number of ether oxygens (including phenoxy) is 1. The second kappa shape index (κ2) is 11.0. The Kier molecular flexibility index (Phi) is 10.7. The van der Waals surface area contributed by atoms with Crippen molar-refractivity contribution in [3.05, 3.63) is 0 Å². The van der Waals surface area contributed by atoms with Gasteiger partial charge in [-0.2, -0.15) is 0 Å². The second-order valence-electron chi connectivity index (χ2n) is 7.61. The summed E-state index contributed by atoms with van der Waals surface area (Å²) in [5.74, 6) is 2.36. The van der Waals surface area contributed by atoms with E-state index in [0.717, 1.165) is 32.0 Å². The highest BCUT2D eigenvalue weighted by atomic mass is 127. The molecule has 1 fully saturated rings. The van der Waals surface area contributed by atoms with Crippen LogP contribution in [0.3, 0.4) is 0 Å². The van der Waals surface area contributed by atoms with Crippen molar-refractivity contribution >= 4 is 36.0 Å². The van der Waals surface area contributed by atoms with Gasteiger partial charge in [0, 0.05) is 33.2 Å². The molecule has 1 saturated heterocycles. The number of hydrogen-bond acceptors (Lipinski definition) is 3. The molecule has 0 aromatic carbocycles. The van der Waals surface area contributed by atoms with Crippen LogP contribution in [-0.2, 0) is 4.74 Å². The first kappa shape index (κ1) is 23.3. The highest BCUT2D eigenvalue weighted by Crippen LogP contribution is 2.20. The highest BCUT2D eigenvalue weighted by Gasteiger charge is 2.23. The Bertz CT molecular complexity index is 400. The molecule has 1 aliphatic rings. The Labute approximate surface area is 164 Å². The summed E-state index contributed by atoms with van der Waals surface area (Å²) in [6.07, 6.45) is 1.75. The zero-order valence-corrected chi connectivity index (χ0v) is 18.3. The predicted octanol–water partition coefficient (Wildman–Crippen LogP) is 3.07. The van der Waals surface area contributed by atoms with Crippen molar-refractivity contribution < 1.29 is 9.53 Å². The highest BCUT2D eigenvalue weighted by molar-refractivity contribution is 14.0. The quantitative estimate of drug-likeness (QED) is 0.297. The Morgan fingerprint density at radius 2 is 1.71 bits per heavy atom. The third kappa shape index (κ3) is 9.54. The van der Waals surface area contributed by atoms with Crippen molar-refractivity contribution in [1.29, 1.82) is 0 Å². The predicted molar refractivity (Wildman–Crippen MR) is 110 cm³/mol. The van der Waals surface area contributed by atoms with E-state index < -0.39 is 5.60 Å². The first-order chi connectivity index (χ1) is 10.7. The van der Waals surface area contributed by atoms with E-state index >= 15 is 0 Å². The molecule has 2 N–H and O–H groups in total. The van der Waals surface area contributed by atoms with Crippen molar-refractivity contribution in [3.63, 3.8) is 0 Å². The fourth-order valence-corrected chi connectivity index (χ4v) is 2.96. The van der Waals surface area contributed by atoms with Crippen LogP contribution in [0.25, 0.3) is 0 Å². The molecule has 6 nitrogen and oxygen atoms in total. The smallest absolute Gasteiger partial charge is 0.407 e. The summed E-state index contributed by atoms with van der Waals surface area (Å²) in [5.41, 5.74) is -0.452. The molecule has 1 aliphatic heterocycles. The van der Waals surface area contributed by atoms with Gasteiger partial charge in [-0.15, -0.1) is 24.0 Å². The van der Waals surface area contributed by atoms with E-state index in [1.807, 2.05) is 27.8 Å². The van der Waals surface area contributed by atoms with E-state index in [1.165, 1.54) is 6.42 Å². The minimum atomic E-state index is -0.452. The molecule has 0 aromatic rings. The lowest BCUT2D eigenvalue weighted by atomic mass is 9.92. The van der Waals surface area contributed by atoms with Crippen molar-refractivity contribution in [2.75, 3.05) is 33.2 Å². The number of carbonyl (C=O) groups is 1. The SMILES string of the molecule is CN=C(NCCCNC(=O)OC(C)(C)C)N1CC(C)CC(C)C1.I. The number of piperidine rings is 1. The molecular weight excluding hydrogens is 419 g/mol. The molecule has 0 radical (unpaired) electrons. The lowest BCUT2D eigenvalue weighted by Crippen LogP contribution is -2.48. The third-order valence-electron chi connectivity index (χ3n) is 3.69. The molecule has 2 unspecified atom stereocenters. The summed E-state index contributed by atoms with van der Waals surface area (Å²) in [4.78, 5) is 18.3. The molecule has 0 spiro atoms. The molecule has 0 saturated carbocycles.